The van der Waals surface area contributed by atoms with Gasteiger partial charge in [0.1, 0.15) is 0 Å². The van der Waals surface area contributed by atoms with E-state index in [0.29, 0.717) is 12.0 Å². The van der Waals surface area contributed by atoms with Crippen LogP contribution in [-0.2, 0) is 12.8 Å². The van der Waals surface area contributed by atoms with E-state index in [4.69, 9.17) is 11.6 Å². The van der Waals surface area contributed by atoms with Gasteiger partial charge in [-0.05, 0) is 55.6 Å². The first-order valence-electron chi connectivity index (χ1n) is 7.13. The molecule has 1 aliphatic rings. The number of pyridine rings is 1. The molecular formula is C17H19ClN2. The quantitative estimate of drug-likeness (QED) is 0.929. The molecule has 2 unspecified atom stereocenters. The van der Waals surface area contributed by atoms with Crippen molar-refractivity contribution in [2.24, 2.45) is 0 Å². The molecule has 0 saturated carbocycles. The summed E-state index contributed by atoms with van der Waals surface area (Å²) >= 11 is 6.08. The molecule has 0 fully saturated rings. The summed E-state index contributed by atoms with van der Waals surface area (Å²) in [5, 5.41) is 4.28. The van der Waals surface area contributed by atoms with Crippen molar-refractivity contribution in [3.63, 3.8) is 0 Å². The van der Waals surface area contributed by atoms with Crippen molar-refractivity contribution < 1.29 is 0 Å². The number of halogens is 1. The van der Waals surface area contributed by atoms with Crippen LogP contribution in [0.15, 0.2) is 42.6 Å². The molecule has 1 N–H and O–H groups in total. The molecule has 0 amide bonds. The molecule has 2 atom stereocenters. The Morgan fingerprint density at radius 3 is 3.05 bits per heavy atom. The average molecular weight is 287 g/mol. The van der Waals surface area contributed by atoms with E-state index < -0.39 is 0 Å². The van der Waals surface area contributed by atoms with Crippen LogP contribution in [0.2, 0.25) is 5.02 Å². The highest BCUT2D eigenvalue weighted by molar-refractivity contribution is 6.30. The van der Waals surface area contributed by atoms with E-state index in [2.05, 4.69) is 28.5 Å². The lowest BCUT2D eigenvalue weighted by Crippen LogP contribution is -2.33. The second kappa shape index (κ2) is 5.94. The van der Waals surface area contributed by atoms with Gasteiger partial charge in [-0.3, -0.25) is 4.98 Å². The number of rotatable bonds is 4. The maximum absolute atomic E-state index is 6.08. The molecule has 1 aromatic heterocycles. The van der Waals surface area contributed by atoms with Gasteiger partial charge in [0.05, 0.1) is 0 Å². The van der Waals surface area contributed by atoms with Crippen LogP contribution in [0.4, 0.5) is 0 Å². The summed E-state index contributed by atoms with van der Waals surface area (Å²) in [7, 11) is 2.04. The van der Waals surface area contributed by atoms with Crippen molar-refractivity contribution in [3.05, 3.63) is 64.4 Å². The van der Waals surface area contributed by atoms with E-state index in [0.717, 1.165) is 17.9 Å². The molecule has 104 valence electrons. The van der Waals surface area contributed by atoms with Crippen LogP contribution in [-0.4, -0.2) is 18.1 Å². The molecule has 3 rings (SSSR count). The maximum atomic E-state index is 6.08. The minimum Gasteiger partial charge on any atom is -0.316 e. The van der Waals surface area contributed by atoms with Gasteiger partial charge in [-0.1, -0.05) is 29.8 Å². The summed E-state index contributed by atoms with van der Waals surface area (Å²) in [5.74, 6) is 0.496. The van der Waals surface area contributed by atoms with E-state index in [1.807, 2.05) is 31.4 Å². The lowest BCUT2D eigenvalue weighted by molar-refractivity contribution is 0.450. The van der Waals surface area contributed by atoms with Crippen molar-refractivity contribution in [1.29, 1.82) is 0 Å². The highest BCUT2D eigenvalue weighted by atomic mass is 35.5. The van der Waals surface area contributed by atoms with Gasteiger partial charge >= 0.3 is 0 Å². The fourth-order valence-corrected chi connectivity index (χ4v) is 3.41. The number of nitrogens with one attached hydrogen (secondary N) is 1. The second-order valence-electron chi connectivity index (χ2n) is 5.42. The Morgan fingerprint density at radius 1 is 1.35 bits per heavy atom. The van der Waals surface area contributed by atoms with Crippen molar-refractivity contribution in [2.45, 2.75) is 31.2 Å². The average Bonchev–Trinajstić information content (AvgIpc) is 2.89. The van der Waals surface area contributed by atoms with E-state index >= 15 is 0 Å². The molecule has 0 aliphatic heterocycles. The van der Waals surface area contributed by atoms with E-state index in [1.165, 1.54) is 23.2 Å². The maximum Gasteiger partial charge on any atom is 0.0482 e. The van der Waals surface area contributed by atoms with Crippen LogP contribution in [0.25, 0.3) is 0 Å². The minimum absolute atomic E-state index is 0.407. The molecule has 3 heteroatoms. The first-order valence-corrected chi connectivity index (χ1v) is 7.51. The number of hydrogen-bond acceptors (Lipinski definition) is 2. The summed E-state index contributed by atoms with van der Waals surface area (Å²) in [6.45, 7) is 0. The summed E-state index contributed by atoms with van der Waals surface area (Å²) in [6.07, 6.45) is 5.21. The summed E-state index contributed by atoms with van der Waals surface area (Å²) in [6, 6.07) is 12.8. The molecular weight excluding hydrogens is 268 g/mol. The van der Waals surface area contributed by atoms with Crippen molar-refractivity contribution in [3.8, 4) is 0 Å². The molecule has 1 aromatic carbocycles. The van der Waals surface area contributed by atoms with Crippen molar-refractivity contribution in [1.82, 2.24) is 10.3 Å². The largest absolute Gasteiger partial charge is 0.316 e. The molecule has 0 radical (unpaired) electrons. The summed E-state index contributed by atoms with van der Waals surface area (Å²) in [4.78, 5) is 4.60. The van der Waals surface area contributed by atoms with E-state index in [9.17, 15) is 0 Å². The first kappa shape index (κ1) is 13.6. The molecule has 1 aliphatic carbocycles. The number of likely N-dealkylation sites (N-methyl/N-ethyl adjacent to an activating group) is 1. The Morgan fingerprint density at radius 2 is 2.25 bits per heavy atom. The molecule has 2 nitrogen and oxygen atoms in total. The standard InChI is InChI=1S/C17H19ClN2/c1-19-16(11-12-4-2-6-14(18)10-12)15-8-7-13-5-3-9-20-17(13)15/h2-6,9-10,15-16,19H,7-8,11H2,1H3. The lowest BCUT2D eigenvalue weighted by Gasteiger charge is -2.23. The van der Waals surface area contributed by atoms with Gasteiger partial charge in [-0.15, -0.1) is 0 Å². The topological polar surface area (TPSA) is 24.9 Å². The van der Waals surface area contributed by atoms with Gasteiger partial charge in [0.15, 0.2) is 0 Å². The Bertz CT molecular complexity index is 597. The highest BCUT2D eigenvalue weighted by Gasteiger charge is 2.30. The highest BCUT2D eigenvalue weighted by Crippen LogP contribution is 2.34. The zero-order valence-electron chi connectivity index (χ0n) is 11.6. The van der Waals surface area contributed by atoms with E-state index in [-0.39, 0.29) is 0 Å². The predicted molar refractivity (Wildman–Crippen MR) is 83.3 cm³/mol. The van der Waals surface area contributed by atoms with Gasteiger partial charge in [-0.2, -0.15) is 0 Å². The van der Waals surface area contributed by atoms with Crippen LogP contribution < -0.4 is 5.32 Å². The number of aromatic nitrogens is 1. The Labute approximate surface area is 125 Å². The third-order valence-electron chi connectivity index (χ3n) is 4.20. The Balaban J connectivity index is 1.81. The fourth-order valence-electron chi connectivity index (χ4n) is 3.20. The Kier molecular flexibility index (Phi) is 4.04. The van der Waals surface area contributed by atoms with Crippen molar-refractivity contribution in [2.75, 3.05) is 7.05 Å². The molecule has 0 bridgehead atoms. The van der Waals surface area contributed by atoms with E-state index in [1.54, 1.807) is 0 Å². The number of benzene rings is 1. The number of fused-ring (bicyclic) bond motifs is 1. The van der Waals surface area contributed by atoms with Crippen molar-refractivity contribution >= 4 is 11.6 Å². The van der Waals surface area contributed by atoms with Gasteiger partial charge in [0.2, 0.25) is 0 Å². The first-order chi connectivity index (χ1) is 9.78. The molecule has 1 heterocycles. The van der Waals surface area contributed by atoms with Gasteiger partial charge in [0.25, 0.3) is 0 Å². The molecule has 2 aromatic rings. The van der Waals surface area contributed by atoms with Gasteiger partial charge < -0.3 is 5.32 Å². The van der Waals surface area contributed by atoms with Gasteiger partial charge in [0, 0.05) is 28.9 Å². The minimum atomic E-state index is 0.407. The normalized spacial score (nSPS) is 18.8. The zero-order valence-corrected chi connectivity index (χ0v) is 12.4. The van der Waals surface area contributed by atoms with Crippen LogP contribution in [0, 0.1) is 0 Å². The monoisotopic (exact) mass is 286 g/mol. The van der Waals surface area contributed by atoms with Crippen LogP contribution in [0.5, 0.6) is 0 Å². The number of hydrogen-bond donors (Lipinski definition) is 1. The lowest BCUT2D eigenvalue weighted by atomic mass is 9.91. The second-order valence-corrected chi connectivity index (χ2v) is 5.86. The summed E-state index contributed by atoms with van der Waals surface area (Å²) < 4.78 is 0. The van der Waals surface area contributed by atoms with Crippen LogP contribution in [0.3, 0.4) is 0 Å². The SMILES string of the molecule is CNC(Cc1cccc(Cl)c1)C1CCc2cccnc21. The van der Waals surface area contributed by atoms with Gasteiger partial charge in [-0.25, -0.2) is 0 Å². The number of aryl methyl sites for hydroxylation is 1. The number of nitrogens with zero attached hydrogens (tertiary/aromatic N) is 1. The van der Waals surface area contributed by atoms with Crippen LogP contribution in [0.1, 0.15) is 29.2 Å². The summed E-state index contributed by atoms with van der Waals surface area (Å²) in [5.41, 5.74) is 3.96. The Hall–Kier alpha value is -1.38. The molecule has 0 saturated heterocycles. The smallest absolute Gasteiger partial charge is 0.0482 e. The third-order valence-corrected chi connectivity index (χ3v) is 4.44. The molecule has 0 spiro atoms. The fraction of sp³-hybridized carbons (Fsp3) is 0.353. The molecule has 20 heavy (non-hydrogen) atoms. The predicted octanol–water partition coefficient (Wildman–Crippen LogP) is 3.60. The third kappa shape index (κ3) is 2.72. The van der Waals surface area contributed by atoms with Crippen LogP contribution >= 0.6 is 11.6 Å². The zero-order chi connectivity index (χ0) is 13.9.